The van der Waals surface area contributed by atoms with E-state index in [1.54, 1.807) is 0 Å². The van der Waals surface area contributed by atoms with Crippen LogP contribution in [0.4, 0.5) is 0 Å². The summed E-state index contributed by atoms with van der Waals surface area (Å²) >= 11 is 0. The van der Waals surface area contributed by atoms with Gasteiger partial charge in [-0.25, -0.2) is 0 Å². The van der Waals surface area contributed by atoms with Crippen molar-refractivity contribution in [1.29, 1.82) is 0 Å². The minimum absolute atomic E-state index is 0.0871. The summed E-state index contributed by atoms with van der Waals surface area (Å²) in [4.78, 5) is 38.1. The lowest BCUT2D eigenvalue weighted by Gasteiger charge is -2.18. The van der Waals surface area contributed by atoms with Crippen molar-refractivity contribution < 1.29 is 28.6 Å². The van der Waals surface area contributed by atoms with Gasteiger partial charge in [0.2, 0.25) is 0 Å². The molecule has 0 radical (unpaired) electrons. The number of hydrogen-bond donors (Lipinski definition) is 0. The molecule has 0 heterocycles. The number of rotatable bonds is 51. The summed E-state index contributed by atoms with van der Waals surface area (Å²) < 4.78 is 16.8. The number of carbonyl (C=O) groups excluding carboxylic acids is 3. The van der Waals surface area contributed by atoms with Crippen molar-refractivity contribution in [3.8, 4) is 0 Å². The highest BCUT2D eigenvalue weighted by Gasteiger charge is 2.19. The second kappa shape index (κ2) is 56.2. The molecule has 6 nitrogen and oxygen atoms in total. The molecule has 0 amide bonds. The van der Waals surface area contributed by atoms with Crippen LogP contribution < -0.4 is 0 Å². The van der Waals surface area contributed by atoms with Crippen LogP contribution >= 0.6 is 0 Å². The van der Waals surface area contributed by atoms with Crippen molar-refractivity contribution in [2.45, 2.75) is 277 Å². The third-order valence-electron chi connectivity index (χ3n) is 12.1. The third kappa shape index (κ3) is 53.5. The zero-order chi connectivity index (χ0) is 49.3. The van der Waals surface area contributed by atoms with Gasteiger partial charge in [-0.15, -0.1) is 0 Å². The van der Waals surface area contributed by atoms with Gasteiger partial charge in [-0.05, 0) is 96.3 Å². The van der Waals surface area contributed by atoms with E-state index in [0.717, 1.165) is 103 Å². The van der Waals surface area contributed by atoms with Gasteiger partial charge in [0.15, 0.2) is 6.10 Å². The Balaban J connectivity index is 4.42. The van der Waals surface area contributed by atoms with Crippen molar-refractivity contribution in [2.24, 2.45) is 0 Å². The number of unbranched alkanes of at least 4 members (excludes halogenated alkanes) is 26. The standard InChI is InChI=1S/C62H106O6/c1-4-7-10-13-16-19-22-25-27-29-31-33-35-37-40-43-46-49-52-55-61(64)67-58-59(57-66-60(63)54-51-48-45-42-39-24-21-18-15-12-9-6-3)68-62(65)56-53-50-47-44-41-38-36-34-32-30-28-26-23-20-17-14-11-8-5-2/h7,10,16-17,19-20,25-28,31,33,37,40,59H,4-6,8-9,11-15,18,21-24,29-30,32,34-36,38-39,41-58H2,1-3H3/b10-7-,19-16-,20-17-,27-25-,28-26-,33-31-,40-37-. The molecule has 0 aliphatic rings. The second-order valence-corrected chi connectivity index (χ2v) is 18.8. The van der Waals surface area contributed by atoms with E-state index in [1.807, 2.05) is 0 Å². The quantitative estimate of drug-likeness (QED) is 0.0262. The fourth-order valence-electron chi connectivity index (χ4n) is 7.85. The minimum Gasteiger partial charge on any atom is -0.462 e. The highest BCUT2D eigenvalue weighted by Crippen LogP contribution is 2.15. The molecule has 0 aromatic rings. The summed E-state index contributed by atoms with van der Waals surface area (Å²) in [5.74, 6) is -0.919. The van der Waals surface area contributed by atoms with Crippen LogP contribution in [0.2, 0.25) is 0 Å². The number of allylic oxidation sites excluding steroid dienone is 14. The van der Waals surface area contributed by atoms with Crippen LogP contribution in [0.5, 0.6) is 0 Å². The molecule has 0 fully saturated rings. The Morgan fingerprint density at radius 2 is 0.574 bits per heavy atom. The number of ether oxygens (including phenoxy) is 3. The van der Waals surface area contributed by atoms with E-state index in [0.29, 0.717) is 19.3 Å². The maximum Gasteiger partial charge on any atom is 0.306 e. The molecule has 6 heteroatoms. The SMILES string of the molecule is CC/C=C\C/C=C\C/C=C\C/C=C\C/C=C\CCCCCC(=O)OCC(COC(=O)CCCCCCCCCCCCCC)OC(=O)CCCCCCCCCCC/C=C\C/C=C\CCCCC. The molecule has 0 N–H and O–H groups in total. The van der Waals surface area contributed by atoms with Gasteiger partial charge < -0.3 is 14.2 Å². The van der Waals surface area contributed by atoms with Crippen molar-refractivity contribution in [3.63, 3.8) is 0 Å². The topological polar surface area (TPSA) is 78.9 Å². The first-order chi connectivity index (χ1) is 33.5. The summed E-state index contributed by atoms with van der Waals surface area (Å²) in [6.07, 6.45) is 72.8. The Kier molecular flexibility index (Phi) is 53.4. The lowest BCUT2D eigenvalue weighted by atomic mass is 10.0. The molecule has 0 rings (SSSR count). The Labute approximate surface area is 420 Å². The molecule has 68 heavy (non-hydrogen) atoms. The normalized spacial score (nSPS) is 12.7. The van der Waals surface area contributed by atoms with Gasteiger partial charge in [-0.3, -0.25) is 14.4 Å². The largest absolute Gasteiger partial charge is 0.462 e. The molecule has 390 valence electrons. The third-order valence-corrected chi connectivity index (χ3v) is 12.1. The van der Waals surface area contributed by atoms with Gasteiger partial charge in [0.1, 0.15) is 13.2 Å². The van der Waals surface area contributed by atoms with Crippen LogP contribution in [-0.4, -0.2) is 37.2 Å². The number of carbonyl (C=O) groups is 3. The molecule has 1 atom stereocenters. The van der Waals surface area contributed by atoms with Crippen molar-refractivity contribution in [2.75, 3.05) is 13.2 Å². The highest BCUT2D eigenvalue weighted by molar-refractivity contribution is 5.71. The van der Waals surface area contributed by atoms with Crippen molar-refractivity contribution in [3.05, 3.63) is 85.1 Å². The molecule has 0 aliphatic heterocycles. The summed E-state index contributed by atoms with van der Waals surface area (Å²) in [5, 5.41) is 0. The van der Waals surface area contributed by atoms with Gasteiger partial charge in [-0.2, -0.15) is 0 Å². The van der Waals surface area contributed by atoms with Gasteiger partial charge >= 0.3 is 17.9 Å². The Morgan fingerprint density at radius 1 is 0.309 bits per heavy atom. The minimum atomic E-state index is -0.791. The monoisotopic (exact) mass is 947 g/mol. The second-order valence-electron chi connectivity index (χ2n) is 18.8. The predicted molar refractivity (Wildman–Crippen MR) is 293 cm³/mol. The fraction of sp³-hybridized carbons (Fsp3) is 0.726. The number of hydrogen-bond acceptors (Lipinski definition) is 6. The summed E-state index contributed by atoms with van der Waals surface area (Å²) in [6, 6.07) is 0. The lowest BCUT2D eigenvalue weighted by molar-refractivity contribution is -0.167. The molecule has 0 spiro atoms. The van der Waals surface area contributed by atoms with Crippen molar-refractivity contribution in [1.82, 2.24) is 0 Å². The molecule has 0 aromatic carbocycles. The van der Waals surface area contributed by atoms with E-state index < -0.39 is 6.10 Å². The van der Waals surface area contributed by atoms with E-state index in [2.05, 4.69) is 106 Å². The molecule has 1 unspecified atom stereocenters. The zero-order valence-electron chi connectivity index (χ0n) is 44.6. The average Bonchev–Trinajstić information content (AvgIpc) is 3.34. The van der Waals surface area contributed by atoms with Gasteiger partial charge in [-0.1, -0.05) is 241 Å². The molecule has 0 saturated carbocycles. The van der Waals surface area contributed by atoms with E-state index in [9.17, 15) is 14.4 Å². The smallest absolute Gasteiger partial charge is 0.306 e. The first-order valence-corrected chi connectivity index (χ1v) is 28.6. The lowest BCUT2D eigenvalue weighted by Crippen LogP contribution is -2.30. The molecule has 0 aliphatic carbocycles. The van der Waals surface area contributed by atoms with Gasteiger partial charge in [0.25, 0.3) is 0 Å². The Morgan fingerprint density at radius 3 is 0.941 bits per heavy atom. The van der Waals surface area contributed by atoms with E-state index in [1.165, 1.54) is 128 Å². The van der Waals surface area contributed by atoms with E-state index in [4.69, 9.17) is 14.2 Å². The van der Waals surface area contributed by atoms with Crippen LogP contribution in [-0.2, 0) is 28.6 Å². The molecule has 0 bridgehead atoms. The fourth-order valence-corrected chi connectivity index (χ4v) is 7.85. The van der Waals surface area contributed by atoms with Gasteiger partial charge in [0, 0.05) is 19.3 Å². The van der Waals surface area contributed by atoms with Gasteiger partial charge in [0.05, 0.1) is 0 Å². The highest BCUT2D eigenvalue weighted by atomic mass is 16.6. The molecular weight excluding hydrogens is 841 g/mol. The van der Waals surface area contributed by atoms with Crippen LogP contribution in [0.15, 0.2) is 85.1 Å². The molecule has 0 saturated heterocycles. The summed E-state index contributed by atoms with van der Waals surface area (Å²) in [6.45, 7) is 6.48. The summed E-state index contributed by atoms with van der Waals surface area (Å²) in [7, 11) is 0. The van der Waals surface area contributed by atoms with Crippen LogP contribution in [0, 0.1) is 0 Å². The maximum absolute atomic E-state index is 12.9. The first kappa shape index (κ1) is 64.6. The Bertz CT molecular complexity index is 1320. The predicted octanol–water partition coefficient (Wildman–Crippen LogP) is 19.2. The van der Waals surface area contributed by atoms with Crippen LogP contribution in [0.25, 0.3) is 0 Å². The van der Waals surface area contributed by atoms with E-state index >= 15 is 0 Å². The first-order valence-electron chi connectivity index (χ1n) is 28.6. The summed E-state index contributed by atoms with van der Waals surface area (Å²) in [5.41, 5.74) is 0. The van der Waals surface area contributed by atoms with Crippen LogP contribution in [0.1, 0.15) is 271 Å². The zero-order valence-corrected chi connectivity index (χ0v) is 44.6. The number of esters is 3. The van der Waals surface area contributed by atoms with E-state index in [-0.39, 0.29) is 31.1 Å². The van der Waals surface area contributed by atoms with Crippen molar-refractivity contribution >= 4 is 17.9 Å². The average molecular weight is 948 g/mol. The molecule has 0 aromatic heterocycles. The Hall–Kier alpha value is -3.41. The maximum atomic E-state index is 12.9. The molecular formula is C62H106O6. The van der Waals surface area contributed by atoms with Crippen LogP contribution in [0.3, 0.4) is 0 Å².